The van der Waals surface area contributed by atoms with E-state index in [-0.39, 0.29) is 24.3 Å². The van der Waals surface area contributed by atoms with Gasteiger partial charge in [-0.15, -0.1) is 24.9 Å². The molecule has 4 nitrogen and oxygen atoms in total. The van der Waals surface area contributed by atoms with E-state index in [4.69, 9.17) is 4.74 Å². The van der Waals surface area contributed by atoms with Crippen LogP contribution in [0.5, 0.6) is 17.2 Å². The molecule has 0 bridgehead atoms. The number of ether oxygens (including phenoxy) is 2. The molecule has 3 aromatic carbocycles. The van der Waals surface area contributed by atoms with Crippen molar-refractivity contribution in [3.05, 3.63) is 83.4 Å². The number of thioether (sulfide) groups is 1. The van der Waals surface area contributed by atoms with Crippen LogP contribution in [0.3, 0.4) is 0 Å². The Balaban J connectivity index is 1.43. The molecule has 2 aliphatic heterocycles. The Labute approximate surface area is 222 Å². The number of alkyl halides is 4. The molecule has 2 aliphatic rings. The lowest BCUT2D eigenvalue weighted by Gasteiger charge is -2.24. The Kier molecular flexibility index (Phi) is 7.85. The minimum atomic E-state index is -4.75. The first kappa shape index (κ1) is 26.4. The zero-order valence-electron chi connectivity index (χ0n) is 20.5. The summed E-state index contributed by atoms with van der Waals surface area (Å²) >= 11 is 1.57. The van der Waals surface area contributed by atoms with Gasteiger partial charge in [-0.1, -0.05) is 24.3 Å². The molecule has 5 rings (SSSR count). The van der Waals surface area contributed by atoms with Gasteiger partial charge in [0.05, 0.1) is 6.67 Å². The van der Waals surface area contributed by atoms with Crippen LogP contribution >= 0.6 is 11.8 Å². The van der Waals surface area contributed by atoms with Crippen LogP contribution in [0.1, 0.15) is 29.5 Å². The van der Waals surface area contributed by atoms with Crippen LogP contribution in [0, 0.1) is 0 Å². The first-order valence-corrected chi connectivity index (χ1v) is 13.4. The van der Waals surface area contributed by atoms with Gasteiger partial charge < -0.3 is 14.6 Å². The van der Waals surface area contributed by atoms with Crippen LogP contribution in [-0.4, -0.2) is 54.5 Å². The Morgan fingerprint density at radius 1 is 0.947 bits per heavy atom. The van der Waals surface area contributed by atoms with Crippen molar-refractivity contribution in [2.45, 2.75) is 30.2 Å². The van der Waals surface area contributed by atoms with Crippen LogP contribution < -0.4 is 9.47 Å². The van der Waals surface area contributed by atoms with Crippen molar-refractivity contribution in [1.29, 1.82) is 0 Å². The van der Waals surface area contributed by atoms with E-state index in [1.165, 1.54) is 12.1 Å². The number of benzene rings is 3. The molecule has 1 saturated heterocycles. The molecular weight excluding hydrogens is 518 g/mol. The normalized spacial score (nSPS) is 17.9. The van der Waals surface area contributed by atoms with Crippen molar-refractivity contribution in [2.24, 2.45) is 0 Å². The van der Waals surface area contributed by atoms with E-state index in [0.29, 0.717) is 12.2 Å². The van der Waals surface area contributed by atoms with Gasteiger partial charge in [0, 0.05) is 30.3 Å². The van der Waals surface area contributed by atoms with E-state index in [2.05, 4.69) is 9.64 Å². The zero-order valence-corrected chi connectivity index (χ0v) is 21.3. The molecule has 1 atom stereocenters. The van der Waals surface area contributed by atoms with E-state index in [1.54, 1.807) is 36.0 Å². The number of nitrogens with zero attached hydrogens (tertiary/aromatic N) is 1. The third kappa shape index (κ3) is 6.27. The molecule has 0 aliphatic carbocycles. The molecule has 38 heavy (non-hydrogen) atoms. The van der Waals surface area contributed by atoms with Gasteiger partial charge in [-0.2, -0.15) is 0 Å². The molecule has 9 heteroatoms. The summed E-state index contributed by atoms with van der Waals surface area (Å²) in [6.45, 7) is 2.10. The summed E-state index contributed by atoms with van der Waals surface area (Å²) in [6.07, 6.45) is -3.26. The second-order valence-corrected chi connectivity index (χ2v) is 10.3. The number of fused-ring (bicyclic) bond motifs is 1. The highest BCUT2D eigenvalue weighted by molar-refractivity contribution is 7.99. The van der Waals surface area contributed by atoms with Crippen molar-refractivity contribution in [3.8, 4) is 17.2 Å². The number of halogens is 4. The van der Waals surface area contributed by atoms with E-state index in [9.17, 15) is 22.7 Å². The molecule has 200 valence electrons. The quantitative estimate of drug-likeness (QED) is 0.304. The van der Waals surface area contributed by atoms with E-state index in [1.807, 2.05) is 30.3 Å². The fourth-order valence-corrected chi connectivity index (χ4v) is 6.05. The third-order valence-corrected chi connectivity index (χ3v) is 7.71. The monoisotopic (exact) mass is 545 g/mol. The second kappa shape index (κ2) is 11.3. The van der Waals surface area contributed by atoms with Gasteiger partial charge in [0.2, 0.25) is 0 Å². The minimum Gasteiger partial charge on any atom is -0.508 e. The molecule has 2 heterocycles. The zero-order chi connectivity index (χ0) is 26.7. The number of rotatable bonds is 8. The molecular formula is C29H27F4NO3S. The fourth-order valence-electron chi connectivity index (χ4n) is 4.91. The predicted octanol–water partition coefficient (Wildman–Crippen LogP) is 7.17. The lowest BCUT2D eigenvalue weighted by Crippen LogP contribution is -2.26. The van der Waals surface area contributed by atoms with Gasteiger partial charge in [-0.25, -0.2) is 0 Å². The Bertz CT molecular complexity index is 1290. The van der Waals surface area contributed by atoms with Crippen LogP contribution in [0.15, 0.2) is 71.6 Å². The predicted molar refractivity (Wildman–Crippen MR) is 140 cm³/mol. The Morgan fingerprint density at radius 2 is 1.66 bits per heavy atom. The third-order valence-electron chi connectivity index (χ3n) is 6.63. The van der Waals surface area contributed by atoms with Gasteiger partial charge in [0.15, 0.2) is 0 Å². The van der Waals surface area contributed by atoms with E-state index >= 15 is 0 Å². The Morgan fingerprint density at radius 3 is 2.37 bits per heavy atom. The maximum absolute atomic E-state index is 12.6. The van der Waals surface area contributed by atoms with Crippen LogP contribution in [0.2, 0.25) is 0 Å². The SMILES string of the molecule is Oc1ccc2c(c1)SCC(c1ccc(OC(F)(F)F)cc1)=C2c1ccc(O[C@H]2CCN(CCCF)C2)cc1. The summed E-state index contributed by atoms with van der Waals surface area (Å²) in [7, 11) is 0. The standard InChI is InChI=1S/C29H27F4NO3S/c30-13-1-14-34-15-12-24(17-34)36-22-7-4-20(5-8-22)28-25-11-6-21(35)16-27(25)38-18-26(28)19-2-9-23(10-3-19)37-29(31,32)33/h2-11,16,24,35H,1,12-15,17-18H2/t24-/m0/s1. The number of likely N-dealkylation sites (tertiary alicyclic amines) is 1. The number of aromatic hydroxyl groups is 1. The van der Waals surface area contributed by atoms with Crippen molar-refractivity contribution < 1.29 is 32.1 Å². The van der Waals surface area contributed by atoms with E-state index < -0.39 is 6.36 Å². The second-order valence-electron chi connectivity index (χ2n) is 9.29. The molecule has 0 amide bonds. The number of hydrogen-bond acceptors (Lipinski definition) is 5. The molecule has 0 spiro atoms. The molecule has 0 unspecified atom stereocenters. The summed E-state index contributed by atoms with van der Waals surface area (Å²) in [6, 6.07) is 18.9. The van der Waals surface area contributed by atoms with Gasteiger partial charge in [-0.05, 0) is 83.1 Å². The fraction of sp³-hybridized carbons (Fsp3) is 0.310. The highest BCUT2D eigenvalue weighted by atomic mass is 32.2. The maximum Gasteiger partial charge on any atom is 0.573 e. The number of hydrogen-bond donors (Lipinski definition) is 1. The maximum atomic E-state index is 12.6. The highest BCUT2D eigenvalue weighted by Crippen LogP contribution is 2.45. The topological polar surface area (TPSA) is 41.9 Å². The van der Waals surface area contributed by atoms with Crippen LogP contribution in [-0.2, 0) is 0 Å². The van der Waals surface area contributed by atoms with Crippen molar-refractivity contribution >= 4 is 22.9 Å². The van der Waals surface area contributed by atoms with Crippen LogP contribution in [0.25, 0.3) is 11.1 Å². The summed E-state index contributed by atoms with van der Waals surface area (Å²) in [5.41, 5.74) is 4.59. The summed E-state index contributed by atoms with van der Waals surface area (Å²) in [4.78, 5) is 3.15. The van der Waals surface area contributed by atoms with Gasteiger partial charge in [0.25, 0.3) is 0 Å². The highest BCUT2D eigenvalue weighted by Gasteiger charge is 2.31. The lowest BCUT2D eigenvalue weighted by molar-refractivity contribution is -0.274. The Hall–Kier alpha value is -3.17. The van der Waals surface area contributed by atoms with Gasteiger partial charge in [0.1, 0.15) is 23.4 Å². The smallest absolute Gasteiger partial charge is 0.508 e. The average molecular weight is 546 g/mol. The molecule has 3 aromatic rings. The lowest BCUT2D eigenvalue weighted by atomic mass is 9.89. The van der Waals surface area contributed by atoms with E-state index in [0.717, 1.165) is 64.5 Å². The first-order valence-electron chi connectivity index (χ1n) is 12.4. The van der Waals surface area contributed by atoms with Crippen LogP contribution in [0.4, 0.5) is 17.6 Å². The molecule has 0 aromatic heterocycles. The van der Waals surface area contributed by atoms with Gasteiger partial charge in [-0.3, -0.25) is 9.29 Å². The molecule has 1 N–H and O–H groups in total. The molecule has 1 fully saturated rings. The van der Waals surface area contributed by atoms with Crippen molar-refractivity contribution in [3.63, 3.8) is 0 Å². The average Bonchev–Trinajstić information content (AvgIpc) is 3.34. The molecule has 0 radical (unpaired) electrons. The molecule has 0 saturated carbocycles. The summed E-state index contributed by atoms with van der Waals surface area (Å²) < 4.78 is 60.6. The first-order chi connectivity index (χ1) is 18.3. The minimum absolute atomic E-state index is 0.0578. The number of phenols is 1. The number of phenolic OH excluding ortho intramolecular Hbond substituents is 1. The van der Waals surface area contributed by atoms with Crippen molar-refractivity contribution in [2.75, 3.05) is 32.1 Å². The van der Waals surface area contributed by atoms with Crippen molar-refractivity contribution in [1.82, 2.24) is 4.90 Å². The largest absolute Gasteiger partial charge is 0.573 e. The summed E-state index contributed by atoms with van der Waals surface area (Å²) in [5, 5.41) is 10.0. The summed E-state index contributed by atoms with van der Waals surface area (Å²) in [5.74, 6) is 1.24. The van der Waals surface area contributed by atoms with Gasteiger partial charge >= 0.3 is 6.36 Å².